The van der Waals surface area contributed by atoms with Crippen molar-refractivity contribution in [1.29, 1.82) is 0 Å². The van der Waals surface area contributed by atoms with E-state index in [0.717, 1.165) is 19.8 Å². The number of ether oxygens (including phenoxy) is 1. The highest BCUT2D eigenvalue weighted by Crippen LogP contribution is 1.99. The van der Waals surface area contributed by atoms with E-state index in [2.05, 4.69) is 12.2 Å². The lowest BCUT2D eigenvalue weighted by molar-refractivity contribution is 0.126. The minimum atomic E-state index is 0.938. The second kappa shape index (κ2) is 11.9. The predicted molar refractivity (Wildman–Crippen MR) is 58.1 cm³/mol. The molecule has 0 heterocycles. The summed E-state index contributed by atoms with van der Waals surface area (Å²) in [7, 11) is 1.99. The van der Waals surface area contributed by atoms with Crippen LogP contribution in [0.3, 0.4) is 0 Å². The molecule has 0 aromatic rings. The molecule has 80 valence electrons. The summed E-state index contributed by atoms with van der Waals surface area (Å²) in [6.07, 6.45) is 7.64. The molecule has 0 amide bonds. The molecule has 0 saturated heterocycles. The van der Waals surface area contributed by atoms with Crippen molar-refractivity contribution in [1.82, 2.24) is 5.32 Å². The summed E-state index contributed by atoms with van der Waals surface area (Å²) in [5.74, 6) is 0. The molecule has 0 aliphatic rings. The quantitative estimate of drug-likeness (QED) is 0.531. The van der Waals surface area contributed by atoms with Crippen molar-refractivity contribution in [2.45, 2.75) is 45.4 Å². The fourth-order valence-corrected chi connectivity index (χ4v) is 1.24. The summed E-state index contributed by atoms with van der Waals surface area (Å²) in [6.45, 7) is 5.24. The molecule has 0 saturated carbocycles. The van der Waals surface area contributed by atoms with Crippen molar-refractivity contribution in [2.24, 2.45) is 0 Å². The molecule has 0 rings (SSSR count). The zero-order valence-corrected chi connectivity index (χ0v) is 9.27. The standard InChI is InChI=1S/C11H25NO/c1-3-4-5-7-10-13-11-8-6-9-12-2/h12H,3-11H2,1-2H3. The summed E-state index contributed by atoms with van der Waals surface area (Å²) in [4.78, 5) is 0. The van der Waals surface area contributed by atoms with Gasteiger partial charge in [-0.05, 0) is 32.9 Å². The number of unbranched alkanes of at least 4 members (excludes halogenated alkanes) is 4. The van der Waals surface area contributed by atoms with Gasteiger partial charge in [-0.3, -0.25) is 0 Å². The molecule has 0 fully saturated rings. The molecule has 0 aromatic carbocycles. The van der Waals surface area contributed by atoms with E-state index < -0.39 is 0 Å². The molecule has 2 nitrogen and oxygen atoms in total. The van der Waals surface area contributed by atoms with Gasteiger partial charge in [0, 0.05) is 13.2 Å². The Morgan fingerprint density at radius 3 is 2.23 bits per heavy atom. The van der Waals surface area contributed by atoms with E-state index in [1.807, 2.05) is 7.05 Å². The van der Waals surface area contributed by atoms with Crippen LogP contribution in [-0.2, 0) is 4.74 Å². The van der Waals surface area contributed by atoms with Gasteiger partial charge in [0.25, 0.3) is 0 Å². The lowest BCUT2D eigenvalue weighted by Gasteiger charge is -2.03. The van der Waals surface area contributed by atoms with Crippen LogP contribution in [0, 0.1) is 0 Å². The van der Waals surface area contributed by atoms with Crippen LogP contribution in [0.5, 0.6) is 0 Å². The average molecular weight is 187 g/mol. The maximum atomic E-state index is 5.50. The first-order chi connectivity index (χ1) is 6.41. The van der Waals surface area contributed by atoms with Gasteiger partial charge in [-0.15, -0.1) is 0 Å². The first-order valence-corrected chi connectivity index (χ1v) is 5.64. The largest absolute Gasteiger partial charge is 0.381 e. The zero-order valence-electron chi connectivity index (χ0n) is 9.27. The predicted octanol–water partition coefficient (Wildman–Crippen LogP) is 2.58. The van der Waals surface area contributed by atoms with Crippen LogP contribution in [0.1, 0.15) is 45.4 Å². The smallest absolute Gasteiger partial charge is 0.0466 e. The summed E-state index contributed by atoms with van der Waals surface area (Å²) >= 11 is 0. The lowest BCUT2D eigenvalue weighted by atomic mass is 10.2. The van der Waals surface area contributed by atoms with Crippen molar-refractivity contribution in [2.75, 3.05) is 26.8 Å². The van der Waals surface area contributed by atoms with Gasteiger partial charge in [0.15, 0.2) is 0 Å². The van der Waals surface area contributed by atoms with E-state index in [1.165, 1.54) is 38.5 Å². The van der Waals surface area contributed by atoms with Gasteiger partial charge in [0.1, 0.15) is 0 Å². The number of nitrogens with one attached hydrogen (secondary N) is 1. The molecule has 0 unspecified atom stereocenters. The molecule has 2 heteroatoms. The van der Waals surface area contributed by atoms with E-state index in [-0.39, 0.29) is 0 Å². The van der Waals surface area contributed by atoms with Gasteiger partial charge in [0.05, 0.1) is 0 Å². The Hall–Kier alpha value is -0.0800. The zero-order chi connectivity index (χ0) is 9.78. The van der Waals surface area contributed by atoms with Crippen LogP contribution in [0.15, 0.2) is 0 Å². The molecule has 0 radical (unpaired) electrons. The van der Waals surface area contributed by atoms with E-state index in [4.69, 9.17) is 4.74 Å². The second-order valence-corrected chi connectivity index (χ2v) is 3.48. The molecule has 0 spiro atoms. The summed E-state index contributed by atoms with van der Waals surface area (Å²) in [5, 5.41) is 3.13. The molecular weight excluding hydrogens is 162 g/mol. The average Bonchev–Trinajstić information content (AvgIpc) is 2.16. The summed E-state index contributed by atoms with van der Waals surface area (Å²) in [6, 6.07) is 0. The van der Waals surface area contributed by atoms with Crippen LogP contribution in [0.4, 0.5) is 0 Å². The van der Waals surface area contributed by atoms with E-state index >= 15 is 0 Å². The Bertz CT molecular complexity index is 76.2. The Morgan fingerprint density at radius 1 is 0.923 bits per heavy atom. The van der Waals surface area contributed by atoms with E-state index in [9.17, 15) is 0 Å². The van der Waals surface area contributed by atoms with Crippen LogP contribution >= 0.6 is 0 Å². The Balaban J connectivity index is 2.76. The van der Waals surface area contributed by atoms with Crippen molar-refractivity contribution in [3.63, 3.8) is 0 Å². The SMILES string of the molecule is CCCCCCOCCCCNC. The molecule has 1 N–H and O–H groups in total. The Labute approximate surface area is 83.1 Å². The molecule has 13 heavy (non-hydrogen) atoms. The van der Waals surface area contributed by atoms with Crippen LogP contribution in [-0.4, -0.2) is 26.8 Å². The third-order valence-corrected chi connectivity index (χ3v) is 2.11. The fraction of sp³-hybridized carbons (Fsp3) is 1.00. The monoisotopic (exact) mass is 187 g/mol. The highest BCUT2D eigenvalue weighted by Gasteiger charge is 1.90. The van der Waals surface area contributed by atoms with Gasteiger partial charge in [0.2, 0.25) is 0 Å². The lowest BCUT2D eigenvalue weighted by Crippen LogP contribution is -2.08. The van der Waals surface area contributed by atoms with Gasteiger partial charge in [-0.25, -0.2) is 0 Å². The highest BCUT2D eigenvalue weighted by molar-refractivity contribution is 4.43. The molecule has 0 aromatic heterocycles. The summed E-state index contributed by atoms with van der Waals surface area (Å²) < 4.78 is 5.50. The molecular formula is C11H25NO. The van der Waals surface area contributed by atoms with E-state index in [1.54, 1.807) is 0 Å². The van der Waals surface area contributed by atoms with E-state index in [0.29, 0.717) is 0 Å². The normalized spacial score (nSPS) is 10.6. The first kappa shape index (κ1) is 12.9. The Kier molecular flexibility index (Phi) is 11.8. The first-order valence-electron chi connectivity index (χ1n) is 5.64. The minimum Gasteiger partial charge on any atom is -0.381 e. The van der Waals surface area contributed by atoms with Gasteiger partial charge in [-0.1, -0.05) is 26.2 Å². The van der Waals surface area contributed by atoms with Gasteiger partial charge in [-0.2, -0.15) is 0 Å². The topological polar surface area (TPSA) is 21.3 Å². The van der Waals surface area contributed by atoms with Crippen molar-refractivity contribution < 1.29 is 4.74 Å². The van der Waals surface area contributed by atoms with Crippen molar-refractivity contribution in [3.8, 4) is 0 Å². The van der Waals surface area contributed by atoms with Crippen molar-refractivity contribution >= 4 is 0 Å². The maximum absolute atomic E-state index is 5.50. The van der Waals surface area contributed by atoms with Crippen molar-refractivity contribution in [3.05, 3.63) is 0 Å². The molecule has 0 aliphatic heterocycles. The van der Waals surface area contributed by atoms with Crippen LogP contribution in [0.25, 0.3) is 0 Å². The molecule has 0 atom stereocenters. The van der Waals surface area contributed by atoms with Gasteiger partial charge >= 0.3 is 0 Å². The maximum Gasteiger partial charge on any atom is 0.0466 e. The number of hydrogen-bond donors (Lipinski definition) is 1. The number of rotatable bonds is 10. The van der Waals surface area contributed by atoms with Crippen LogP contribution < -0.4 is 5.32 Å². The highest BCUT2D eigenvalue weighted by atomic mass is 16.5. The van der Waals surface area contributed by atoms with Gasteiger partial charge < -0.3 is 10.1 Å². The van der Waals surface area contributed by atoms with Crippen LogP contribution in [0.2, 0.25) is 0 Å². The minimum absolute atomic E-state index is 0.938. The fourth-order valence-electron chi connectivity index (χ4n) is 1.24. The Morgan fingerprint density at radius 2 is 1.62 bits per heavy atom. The second-order valence-electron chi connectivity index (χ2n) is 3.48. The summed E-state index contributed by atoms with van der Waals surface area (Å²) in [5.41, 5.74) is 0. The third kappa shape index (κ3) is 11.9. The molecule has 0 bridgehead atoms. The molecule has 0 aliphatic carbocycles. The third-order valence-electron chi connectivity index (χ3n) is 2.11. The number of hydrogen-bond acceptors (Lipinski definition) is 2.